The second-order valence-corrected chi connectivity index (χ2v) is 3.67. The summed E-state index contributed by atoms with van der Waals surface area (Å²) in [4.78, 5) is 11.9. The van der Waals surface area contributed by atoms with Gasteiger partial charge in [-0.25, -0.2) is 0 Å². The average Bonchev–Trinajstić information content (AvgIpc) is 2.38. The predicted molar refractivity (Wildman–Crippen MR) is 66.3 cm³/mol. The number of methoxy groups -OCH3 is 2. The van der Waals surface area contributed by atoms with Crippen LogP contribution in [0.2, 0.25) is 0 Å². The lowest BCUT2D eigenvalue weighted by molar-refractivity contribution is -0.113. The molecule has 3 nitrogen and oxygen atoms in total. The molecule has 3 heteroatoms. The highest BCUT2D eigenvalue weighted by molar-refractivity contribution is 6.23. The second-order valence-electron chi connectivity index (χ2n) is 3.67. The van der Waals surface area contributed by atoms with Crippen LogP contribution in [-0.2, 0) is 4.79 Å². The van der Waals surface area contributed by atoms with Crippen LogP contribution in [0.1, 0.15) is 12.0 Å². The van der Waals surface area contributed by atoms with Crippen molar-refractivity contribution in [1.82, 2.24) is 0 Å². The first-order valence-corrected chi connectivity index (χ1v) is 5.39. The number of ketones is 1. The molecule has 1 aromatic carbocycles. The van der Waals surface area contributed by atoms with Crippen molar-refractivity contribution >= 4 is 11.4 Å². The third-order valence-electron chi connectivity index (χ3n) is 2.70. The van der Waals surface area contributed by atoms with Gasteiger partial charge in [0.2, 0.25) is 0 Å². The molecule has 0 fully saturated rings. The van der Waals surface area contributed by atoms with Gasteiger partial charge in [-0.2, -0.15) is 0 Å². The normalized spacial score (nSPS) is 14.5. The van der Waals surface area contributed by atoms with Gasteiger partial charge in [0.05, 0.1) is 19.8 Å². The second kappa shape index (κ2) is 4.87. The zero-order valence-corrected chi connectivity index (χ0v) is 9.90. The molecule has 17 heavy (non-hydrogen) atoms. The first-order valence-electron chi connectivity index (χ1n) is 5.39. The Balaban J connectivity index is 2.60. The summed E-state index contributed by atoms with van der Waals surface area (Å²) in [5.41, 5.74) is 1.37. The van der Waals surface area contributed by atoms with Gasteiger partial charge >= 0.3 is 0 Å². The largest absolute Gasteiger partial charge is 0.496 e. The van der Waals surface area contributed by atoms with Gasteiger partial charge in [0, 0.05) is 12.0 Å². The molecular weight excluding hydrogens is 216 g/mol. The lowest BCUT2D eigenvalue weighted by Gasteiger charge is -2.15. The Morgan fingerprint density at radius 1 is 1.12 bits per heavy atom. The highest BCUT2D eigenvalue weighted by Crippen LogP contribution is 2.36. The molecule has 0 aliphatic heterocycles. The van der Waals surface area contributed by atoms with E-state index in [-0.39, 0.29) is 5.78 Å². The maximum Gasteiger partial charge on any atom is 0.167 e. The molecule has 0 heterocycles. The molecule has 1 aliphatic carbocycles. The third kappa shape index (κ3) is 2.09. The van der Waals surface area contributed by atoms with Crippen LogP contribution in [-0.4, -0.2) is 20.0 Å². The number of hydrogen-bond acceptors (Lipinski definition) is 3. The highest BCUT2D eigenvalue weighted by atomic mass is 16.5. The fourth-order valence-corrected chi connectivity index (χ4v) is 1.88. The molecule has 0 saturated heterocycles. The van der Waals surface area contributed by atoms with Crippen molar-refractivity contribution in [3.05, 3.63) is 42.0 Å². The molecule has 2 rings (SSSR count). The first kappa shape index (κ1) is 11.5. The van der Waals surface area contributed by atoms with Gasteiger partial charge in [-0.15, -0.1) is 0 Å². The van der Waals surface area contributed by atoms with E-state index in [0.29, 0.717) is 23.5 Å². The Labute approximate surface area is 100 Å². The number of Topliss-reactive ketones (excluding diaryl/α,β-unsaturated/α-hetero) is 1. The van der Waals surface area contributed by atoms with E-state index in [1.165, 1.54) is 0 Å². The van der Waals surface area contributed by atoms with Gasteiger partial charge < -0.3 is 9.47 Å². The summed E-state index contributed by atoms with van der Waals surface area (Å²) in [5, 5.41) is 0. The van der Waals surface area contributed by atoms with Gasteiger partial charge in [0.25, 0.3) is 0 Å². The van der Waals surface area contributed by atoms with E-state index in [1.54, 1.807) is 20.3 Å². The molecule has 1 aromatic rings. The van der Waals surface area contributed by atoms with Crippen molar-refractivity contribution in [1.29, 1.82) is 0 Å². The van der Waals surface area contributed by atoms with Gasteiger partial charge in [-0.1, -0.05) is 24.3 Å². The Bertz CT molecular complexity index is 476. The van der Waals surface area contributed by atoms with E-state index in [0.717, 1.165) is 5.56 Å². The van der Waals surface area contributed by atoms with Crippen molar-refractivity contribution in [2.24, 2.45) is 0 Å². The van der Waals surface area contributed by atoms with Crippen molar-refractivity contribution in [2.45, 2.75) is 6.42 Å². The zero-order valence-electron chi connectivity index (χ0n) is 9.90. The number of hydrogen-bond donors (Lipinski definition) is 0. The molecule has 0 unspecified atom stereocenters. The SMILES string of the molecule is COc1cccc(OC)c1C1=CC=CCC1=O. The summed E-state index contributed by atoms with van der Waals surface area (Å²) in [6, 6.07) is 5.49. The van der Waals surface area contributed by atoms with Crippen LogP contribution in [0.5, 0.6) is 11.5 Å². The van der Waals surface area contributed by atoms with Crippen LogP contribution in [0, 0.1) is 0 Å². The van der Waals surface area contributed by atoms with E-state index in [2.05, 4.69) is 0 Å². The lowest BCUT2D eigenvalue weighted by Crippen LogP contribution is -2.06. The lowest BCUT2D eigenvalue weighted by atomic mass is 9.94. The molecule has 88 valence electrons. The quantitative estimate of drug-likeness (QED) is 0.800. The third-order valence-corrected chi connectivity index (χ3v) is 2.70. The number of ether oxygens (including phenoxy) is 2. The molecule has 1 aliphatic rings. The van der Waals surface area contributed by atoms with Gasteiger partial charge in [0.15, 0.2) is 5.78 Å². The van der Waals surface area contributed by atoms with E-state index in [4.69, 9.17) is 9.47 Å². The Morgan fingerprint density at radius 3 is 2.29 bits per heavy atom. The Kier molecular flexibility index (Phi) is 3.28. The summed E-state index contributed by atoms with van der Waals surface area (Å²) < 4.78 is 10.6. The summed E-state index contributed by atoms with van der Waals surface area (Å²) >= 11 is 0. The number of allylic oxidation sites excluding steroid dienone is 4. The standard InChI is InChI=1S/C14H14O3/c1-16-12-8-5-9-13(17-2)14(12)10-6-3-4-7-11(10)15/h3-6,8-9H,7H2,1-2H3. The summed E-state index contributed by atoms with van der Waals surface area (Å²) in [6.07, 6.45) is 5.94. The van der Waals surface area contributed by atoms with Crippen molar-refractivity contribution in [2.75, 3.05) is 14.2 Å². The molecule has 0 atom stereocenters. The molecule has 0 radical (unpaired) electrons. The van der Waals surface area contributed by atoms with Crippen LogP contribution in [0.4, 0.5) is 0 Å². The average molecular weight is 230 g/mol. The van der Waals surface area contributed by atoms with Gasteiger partial charge in [-0.3, -0.25) is 4.79 Å². The highest BCUT2D eigenvalue weighted by Gasteiger charge is 2.20. The Hall–Kier alpha value is -2.03. The molecule has 0 amide bonds. The smallest absolute Gasteiger partial charge is 0.167 e. The van der Waals surface area contributed by atoms with E-state index in [9.17, 15) is 4.79 Å². The molecule has 0 N–H and O–H groups in total. The molecule has 0 spiro atoms. The van der Waals surface area contributed by atoms with Crippen molar-refractivity contribution in [3.8, 4) is 11.5 Å². The molecule has 0 bridgehead atoms. The first-order chi connectivity index (χ1) is 8.27. The van der Waals surface area contributed by atoms with E-state index in [1.807, 2.05) is 30.4 Å². The minimum atomic E-state index is 0.0790. The zero-order chi connectivity index (χ0) is 12.3. The van der Waals surface area contributed by atoms with Crippen LogP contribution in [0.15, 0.2) is 36.4 Å². The fraction of sp³-hybridized carbons (Fsp3) is 0.214. The van der Waals surface area contributed by atoms with Crippen LogP contribution in [0.25, 0.3) is 5.57 Å². The molecular formula is C14H14O3. The summed E-state index contributed by atoms with van der Waals surface area (Å²) in [7, 11) is 3.17. The van der Waals surface area contributed by atoms with Gasteiger partial charge in [-0.05, 0) is 12.1 Å². The molecule has 0 saturated carbocycles. The topological polar surface area (TPSA) is 35.5 Å². The van der Waals surface area contributed by atoms with Crippen LogP contribution < -0.4 is 9.47 Å². The summed E-state index contributed by atoms with van der Waals surface area (Å²) in [5.74, 6) is 1.38. The van der Waals surface area contributed by atoms with Crippen LogP contribution in [0.3, 0.4) is 0 Å². The number of carbonyl (C=O) groups excluding carboxylic acids is 1. The maximum atomic E-state index is 11.9. The van der Waals surface area contributed by atoms with Crippen LogP contribution >= 0.6 is 0 Å². The summed E-state index contributed by atoms with van der Waals surface area (Å²) in [6.45, 7) is 0. The number of carbonyl (C=O) groups is 1. The minimum Gasteiger partial charge on any atom is -0.496 e. The predicted octanol–water partition coefficient (Wildman–Crippen LogP) is 2.62. The van der Waals surface area contributed by atoms with Crippen molar-refractivity contribution in [3.63, 3.8) is 0 Å². The van der Waals surface area contributed by atoms with Gasteiger partial charge in [0.1, 0.15) is 11.5 Å². The fourth-order valence-electron chi connectivity index (χ4n) is 1.88. The maximum absolute atomic E-state index is 11.9. The number of benzene rings is 1. The number of rotatable bonds is 3. The van der Waals surface area contributed by atoms with E-state index >= 15 is 0 Å². The van der Waals surface area contributed by atoms with E-state index < -0.39 is 0 Å². The Morgan fingerprint density at radius 2 is 1.76 bits per heavy atom. The monoisotopic (exact) mass is 230 g/mol. The van der Waals surface area contributed by atoms with Crippen molar-refractivity contribution < 1.29 is 14.3 Å². The minimum absolute atomic E-state index is 0.0790. The molecule has 0 aromatic heterocycles.